The van der Waals surface area contributed by atoms with Crippen molar-refractivity contribution >= 4 is 17.3 Å². The molecule has 2 bridgehead atoms. The number of nitrogens with zero attached hydrogens (tertiary/aromatic N) is 2. The van der Waals surface area contributed by atoms with Crippen molar-refractivity contribution in [2.24, 2.45) is 0 Å². The Hall–Kier alpha value is -0.870. The molecule has 16 heavy (non-hydrogen) atoms. The van der Waals surface area contributed by atoms with Crippen LogP contribution in [0.3, 0.4) is 0 Å². The van der Waals surface area contributed by atoms with E-state index in [2.05, 4.69) is 9.88 Å². The predicted molar refractivity (Wildman–Crippen MR) is 59.3 cm³/mol. The number of pyridine rings is 1. The second-order valence-corrected chi connectivity index (χ2v) is 4.66. The van der Waals surface area contributed by atoms with Crippen LogP contribution in [0, 0.1) is 5.82 Å². The Bertz CT molecular complexity index is 407. The number of hydrogen-bond acceptors (Lipinski definition) is 3. The maximum atomic E-state index is 13.3. The SMILES string of the molecule is Fc1cc(N2CC3CCC2CO3)cnc1Cl. The third-order valence-electron chi connectivity index (χ3n) is 3.30. The maximum Gasteiger partial charge on any atom is 0.164 e. The number of ether oxygens (including phenoxy) is 1. The normalized spacial score (nSPS) is 28.5. The smallest absolute Gasteiger partial charge is 0.164 e. The summed E-state index contributed by atoms with van der Waals surface area (Å²) in [7, 11) is 0. The van der Waals surface area contributed by atoms with Crippen molar-refractivity contribution < 1.29 is 9.13 Å². The van der Waals surface area contributed by atoms with E-state index < -0.39 is 5.82 Å². The van der Waals surface area contributed by atoms with Crippen LogP contribution in [0.25, 0.3) is 0 Å². The van der Waals surface area contributed by atoms with Crippen LogP contribution in [0.4, 0.5) is 10.1 Å². The fourth-order valence-electron chi connectivity index (χ4n) is 2.43. The first-order valence-electron chi connectivity index (χ1n) is 5.43. The van der Waals surface area contributed by atoms with E-state index in [-0.39, 0.29) is 11.3 Å². The van der Waals surface area contributed by atoms with Crippen molar-refractivity contribution in [3.05, 3.63) is 23.2 Å². The van der Waals surface area contributed by atoms with Gasteiger partial charge in [-0.3, -0.25) is 0 Å². The molecule has 0 saturated carbocycles. The maximum absolute atomic E-state index is 13.3. The van der Waals surface area contributed by atoms with Gasteiger partial charge in [0.25, 0.3) is 0 Å². The van der Waals surface area contributed by atoms with Gasteiger partial charge >= 0.3 is 0 Å². The van der Waals surface area contributed by atoms with E-state index in [0.717, 1.165) is 31.7 Å². The molecule has 1 aromatic heterocycles. The largest absolute Gasteiger partial charge is 0.374 e. The number of morpholine rings is 1. The van der Waals surface area contributed by atoms with Gasteiger partial charge in [-0.15, -0.1) is 0 Å². The highest BCUT2D eigenvalue weighted by atomic mass is 35.5. The van der Waals surface area contributed by atoms with Crippen LogP contribution in [-0.2, 0) is 4.74 Å². The number of anilines is 1. The molecule has 2 atom stereocenters. The molecule has 4 heterocycles. The first-order chi connectivity index (χ1) is 7.74. The third-order valence-corrected chi connectivity index (χ3v) is 3.58. The fraction of sp³-hybridized carbons (Fsp3) is 0.545. The van der Waals surface area contributed by atoms with Crippen LogP contribution in [0.5, 0.6) is 0 Å². The van der Waals surface area contributed by atoms with E-state index in [4.69, 9.17) is 16.3 Å². The monoisotopic (exact) mass is 242 g/mol. The van der Waals surface area contributed by atoms with Crippen LogP contribution in [-0.4, -0.2) is 30.3 Å². The lowest BCUT2D eigenvalue weighted by Crippen LogP contribution is -2.54. The van der Waals surface area contributed by atoms with Gasteiger partial charge < -0.3 is 9.64 Å². The molecule has 3 saturated heterocycles. The number of halogens is 2. The Kier molecular flexibility index (Phi) is 2.48. The molecule has 3 aliphatic heterocycles. The summed E-state index contributed by atoms with van der Waals surface area (Å²) in [4.78, 5) is 6.02. The molecule has 0 amide bonds. The van der Waals surface area contributed by atoms with Gasteiger partial charge in [-0.05, 0) is 12.8 Å². The molecule has 0 N–H and O–H groups in total. The Morgan fingerprint density at radius 2 is 2.38 bits per heavy atom. The lowest BCUT2D eigenvalue weighted by Gasteiger charge is -2.46. The molecular weight excluding hydrogens is 231 g/mol. The number of hydrogen-bond donors (Lipinski definition) is 0. The Labute approximate surface area is 98.2 Å². The highest BCUT2D eigenvalue weighted by molar-refractivity contribution is 6.29. The standard InChI is InChI=1S/C11H12ClFN2O/c12-11-10(13)3-8(4-14-11)15-5-9-2-1-7(15)6-16-9/h3-4,7,9H,1-2,5-6H2. The fourth-order valence-corrected chi connectivity index (χ4v) is 2.54. The molecule has 0 aliphatic carbocycles. The lowest BCUT2D eigenvalue weighted by molar-refractivity contribution is -0.0225. The van der Waals surface area contributed by atoms with Crippen LogP contribution in [0.1, 0.15) is 12.8 Å². The van der Waals surface area contributed by atoms with Crippen molar-refractivity contribution in [2.75, 3.05) is 18.1 Å². The van der Waals surface area contributed by atoms with Gasteiger partial charge in [-0.2, -0.15) is 0 Å². The zero-order valence-corrected chi connectivity index (χ0v) is 9.45. The van der Waals surface area contributed by atoms with E-state index in [0.29, 0.717) is 6.04 Å². The summed E-state index contributed by atoms with van der Waals surface area (Å²) in [6, 6.07) is 1.81. The number of piperidine rings is 1. The molecule has 2 unspecified atom stereocenters. The zero-order valence-electron chi connectivity index (χ0n) is 8.70. The molecule has 86 valence electrons. The highest BCUT2D eigenvalue weighted by Gasteiger charge is 2.34. The molecule has 0 aromatic carbocycles. The number of aromatic nitrogens is 1. The van der Waals surface area contributed by atoms with Gasteiger partial charge in [-0.1, -0.05) is 11.6 Å². The Morgan fingerprint density at radius 3 is 2.94 bits per heavy atom. The average molecular weight is 243 g/mol. The second kappa shape index (κ2) is 3.86. The molecule has 3 fully saturated rings. The van der Waals surface area contributed by atoms with E-state index in [1.807, 2.05) is 0 Å². The molecule has 0 radical (unpaired) electrons. The predicted octanol–water partition coefficient (Wildman–Crippen LogP) is 2.24. The van der Waals surface area contributed by atoms with Crippen LogP contribution >= 0.6 is 11.6 Å². The van der Waals surface area contributed by atoms with Crippen molar-refractivity contribution in [3.8, 4) is 0 Å². The van der Waals surface area contributed by atoms with Crippen molar-refractivity contribution in [2.45, 2.75) is 25.0 Å². The van der Waals surface area contributed by atoms with Crippen molar-refractivity contribution in [1.29, 1.82) is 0 Å². The summed E-state index contributed by atoms with van der Waals surface area (Å²) in [5, 5.41) is -0.0674. The first kappa shape index (κ1) is 10.3. The minimum absolute atomic E-state index is 0.0674. The van der Waals surface area contributed by atoms with Crippen LogP contribution < -0.4 is 4.90 Å². The summed E-state index contributed by atoms with van der Waals surface area (Å²) >= 11 is 5.57. The summed E-state index contributed by atoms with van der Waals surface area (Å²) in [5.74, 6) is -0.457. The van der Waals surface area contributed by atoms with Gasteiger partial charge in [0.05, 0.1) is 30.6 Å². The zero-order chi connectivity index (χ0) is 11.1. The van der Waals surface area contributed by atoms with Gasteiger partial charge in [0.1, 0.15) is 0 Å². The molecule has 3 nitrogen and oxygen atoms in total. The first-order valence-corrected chi connectivity index (χ1v) is 5.81. The second-order valence-electron chi connectivity index (χ2n) is 4.31. The highest BCUT2D eigenvalue weighted by Crippen LogP contribution is 2.31. The molecule has 4 rings (SSSR count). The Morgan fingerprint density at radius 1 is 1.50 bits per heavy atom. The van der Waals surface area contributed by atoms with E-state index in [1.165, 1.54) is 6.07 Å². The van der Waals surface area contributed by atoms with Gasteiger partial charge in [-0.25, -0.2) is 9.37 Å². The third kappa shape index (κ3) is 1.66. The summed E-state index contributed by atoms with van der Waals surface area (Å²) < 4.78 is 18.9. The van der Waals surface area contributed by atoms with Crippen LogP contribution in [0.2, 0.25) is 5.15 Å². The number of fused-ring (bicyclic) bond motifs is 3. The molecule has 5 heteroatoms. The molecule has 1 aromatic rings. The van der Waals surface area contributed by atoms with E-state index >= 15 is 0 Å². The minimum Gasteiger partial charge on any atom is -0.374 e. The summed E-state index contributed by atoms with van der Waals surface area (Å²) in [5.41, 5.74) is 0.805. The average Bonchev–Trinajstić information content (AvgIpc) is 2.34. The summed E-state index contributed by atoms with van der Waals surface area (Å²) in [6.07, 6.45) is 4.12. The molecular formula is C11H12ClFN2O. The quantitative estimate of drug-likeness (QED) is 0.707. The topological polar surface area (TPSA) is 25.4 Å². The summed E-state index contributed by atoms with van der Waals surface area (Å²) in [6.45, 7) is 1.56. The minimum atomic E-state index is -0.457. The number of rotatable bonds is 1. The van der Waals surface area contributed by atoms with Gasteiger partial charge in [0.15, 0.2) is 11.0 Å². The van der Waals surface area contributed by atoms with Gasteiger partial charge in [0.2, 0.25) is 0 Å². The van der Waals surface area contributed by atoms with Gasteiger partial charge in [0, 0.05) is 12.6 Å². The lowest BCUT2D eigenvalue weighted by atomic mass is 9.96. The molecule has 0 spiro atoms. The van der Waals surface area contributed by atoms with Crippen LogP contribution in [0.15, 0.2) is 12.3 Å². The van der Waals surface area contributed by atoms with E-state index in [9.17, 15) is 4.39 Å². The van der Waals surface area contributed by atoms with Crippen molar-refractivity contribution in [3.63, 3.8) is 0 Å². The molecule has 3 aliphatic rings. The van der Waals surface area contributed by atoms with Crippen molar-refractivity contribution in [1.82, 2.24) is 4.98 Å². The van der Waals surface area contributed by atoms with E-state index in [1.54, 1.807) is 6.20 Å². The Balaban J connectivity index is 1.89.